The highest BCUT2D eigenvalue weighted by Crippen LogP contribution is 2.13. The molecule has 3 rings (SSSR count). The molecule has 0 heterocycles. The van der Waals surface area contributed by atoms with Crippen LogP contribution in [0.15, 0.2) is 72.8 Å². The largest absolute Gasteiger partial charge is 0.484 e. The average molecular weight is 431 g/mol. The number of carbonyl (C=O) groups is 3. The molecule has 0 aliphatic rings. The van der Waals surface area contributed by atoms with Crippen molar-refractivity contribution in [3.8, 4) is 5.75 Å². The van der Waals surface area contributed by atoms with Crippen molar-refractivity contribution in [2.45, 2.75) is 20.3 Å². The van der Waals surface area contributed by atoms with Crippen molar-refractivity contribution < 1.29 is 19.1 Å². The van der Waals surface area contributed by atoms with Crippen LogP contribution < -0.4 is 20.9 Å². The van der Waals surface area contributed by atoms with Crippen LogP contribution >= 0.6 is 0 Å². The Bertz CT molecular complexity index is 1090. The molecule has 0 bridgehead atoms. The summed E-state index contributed by atoms with van der Waals surface area (Å²) in [6, 6.07) is 21.1. The minimum Gasteiger partial charge on any atom is -0.484 e. The van der Waals surface area contributed by atoms with E-state index >= 15 is 0 Å². The number of ether oxygens (including phenoxy) is 1. The predicted octanol–water partition coefficient (Wildman–Crippen LogP) is 3.65. The van der Waals surface area contributed by atoms with Crippen LogP contribution in [0.5, 0.6) is 5.75 Å². The maximum atomic E-state index is 12.3. The second-order valence-corrected chi connectivity index (χ2v) is 7.19. The Balaban J connectivity index is 1.45. The number of amides is 3. The first-order valence-electron chi connectivity index (χ1n) is 10.2. The number of anilines is 1. The molecule has 0 aromatic heterocycles. The van der Waals surface area contributed by atoms with Crippen molar-refractivity contribution in [1.82, 2.24) is 10.9 Å². The van der Waals surface area contributed by atoms with Gasteiger partial charge in [-0.15, -0.1) is 0 Å². The van der Waals surface area contributed by atoms with Crippen LogP contribution in [-0.4, -0.2) is 24.3 Å². The molecule has 0 saturated heterocycles. The number of hydrogen-bond acceptors (Lipinski definition) is 4. The van der Waals surface area contributed by atoms with E-state index in [0.717, 1.165) is 12.0 Å². The zero-order chi connectivity index (χ0) is 22.9. The van der Waals surface area contributed by atoms with E-state index in [0.29, 0.717) is 22.6 Å². The van der Waals surface area contributed by atoms with Gasteiger partial charge in [-0.05, 0) is 67.4 Å². The minimum atomic E-state index is -0.486. The quantitative estimate of drug-likeness (QED) is 0.498. The van der Waals surface area contributed by atoms with E-state index in [9.17, 15) is 14.4 Å². The van der Waals surface area contributed by atoms with Crippen LogP contribution in [0.1, 0.15) is 38.8 Å². The molecule has 0 atom stereocenters. The van der Waals surface area contributed by atoms with Gasteiger partial charge in [0, 0.05) is 16.8 Å². The maximum absolute atomic E-state index is 12.3. The predicted molar refractivity (Wildman–Crippen MR) is 122 cm³/mol. The SMILES string of the molecule is CCc1ccc(OCC(=O)NNC(=O)c2ccc(NC(=O)c3cccc(C)c3)cc2)cc1. The lowest BCUT2D eigenvalue weighted by Gasteiger charge is -2.10. The molecule has 7 nitrogen and oxygen atoms in total. The molecular formula is C25H25N3O4. The summed E-state index contributed by atoms with van der Waals surface area (Å²) in [5.41, 5.74) is 8.26. The summed E-state index contributed by atoms with van der Waals surface area (Å²) in [4.78, 5) is 36.5. The summed E-state index contributed by atoms with van der Waals surface area (Å²) in [6.45, 7) is 3.75. The summed E-state index contributed by atoms with van der Waals surface area (Å²) < 4.78 is 5.40. The zero-order valence-electron chi connectivity index (χ0n) is 18.0. The molecular weight excluding hydrogens is 406 g/mol. The van der Waals surface area contributed by atoms with Gasteiger partial charge in [0.05, 0.1) is 0 Å². The van der Waals surface area contributed by atoms with E-state index in [4.69, 9.17) is 4.74 Å². The van der Waals surface area contributed by atoms with Crippen LogP contribution in [0.3, 0.4) is 0 Å². The molecule has 7 heteroatoms. The number of hydrogen-bond donors (Lipinski definition) is 3. The molecule has 32 heavy (non-hydrogen) atoms. The Morgan fingerprint density at radius 3 is 2.19 bits per heavy atom. The summed E-state index contributed by atoms with van der Waals surface area (Å²) in [6.07, 6.45) is 0.923. The summed E-state index contributed by atoms with van der Waals surface area (Å²) >= 11 is 0. The molecule has 3 N–H and O–H groups in total. The normalized spacial score (nSPS) is 10.2. The molecule has 3 aromatic rings. The lowest BCUT2D eigenvalue weighted by Crippen LogP contribution is -2.43. The first-order valence-corrected chi connectivity index (χ1v) is 10.2. The fourth-order valence-corrected chi connectivity index (χ4v) is 2.90. The van der Waals surface area contributed by atoms with Crippen LogP contribution in [0.4, 0.5) is 5.69 Å². The molecule has 0 fully saturated rings. The van der Waals surface area contributed by atoms with Gasteiger partial charge in [0.25, 0.3) is 17.7 Å². The summed E-state index contributed by atoms with van der Waals surface area (Å²) in [5.74, 6) is -0.628. The Labute approximate surface area is 186 Å². The molecule has 0 saturated carbocycles. The molecule has 0 radical (unpaired) electrons. The van der Waals surface area contributed by atoms with Gasteiger partial charge in [-0.2, -0.15) is 0 Å². The van der Waals surface area contributed by atoms with Gasteiger partial charge < -0.3 is 10.1 Å². The molecule has 0 aliphatic heterocycles. The highest BCUT2D eigenvalue weighted by atomic mass is 16.5. The van der Waals surface area contributed by atoms with Crippen molar-refractivity contribution in [3.63, 3.8) is 0 Å². The van der Waals surface area contributed by atoms with Crippen molar-refractivity contribution >= 4 is 23.4 Å². The smallest absolute Gasteiger partial charge is 0.276 e. The van der Waals surface area contributed by atoms with E-state index in [1.54, 1.807) is 48.5 Å². The Kier molecular flexibility index (Phi) is 7.59. The van der Waals surface area contributed by atoms with Gasteiger partial charge in [-0.1, -0.05) is 36.8 Å². The van der Waals surface area contributed by atoms with E-state index < -0.39 is 11.8 Å². The van der Waals surface area contributed by atoms with Crippen LogP contribution in [0.25, 0.3) is 0 Å². The van der Waals surface area contributed by atoms with Crippen LogP contribution in [0, 0.1) is 6.92 Å². The van der Waals surface area contributed by atoms with Crippen molar-refractivity contribution in [2.24, 2.45) is 0 Å². The summed E-state index contributed by atoms with van der Waals surface area (Å²) in [5, 5.41) is 2.78. The first-order chi connectivity index (χ1) is 15.4. The van der Waals surface area contributed by atoms with Crippen LogP contribution in [-0.2, 0) is 11.2 Å². The van der Waals surface area contributed by atoms with E-state index in [1.807, 2.05) is 31.2 Å². The molecule has 0 spiro atoms. The fourth-order valence-electron chi connectivity index (χ4n) is 2.90. The van der Waals surface area contributed by atoms with Gasteiger partial charge >= 0.3 is 0 Å². The third-order valence-electron chi connectivity index (χ3n) is 4.70. The molecule has 3 amide bonds. The number of nitrogens with one attached hydrogen (secondary N) is 3. The highest BCUT2D eigenvalue weighted by Gasteiger charge is 2.10. The molecule has 3 aromatic carbocycles. The van der Waals surface area contributed by atoms with Gasteiger partial charge in [0.2, 0.25) is 0 Å². The first kappa shape index (κ1) is 22.6. The van der Waals surface area contributed by atoms with Gasteiger partial charge in [0.1, 0.15) is 5.75 Å². The standard InChI is InChI=1S/C25H25N3O4/c1-3-18-7-13-22(14-8-18)32-16-23(29)27-28-25(31)19-9-11-21(12-10-19)26-24(30)20-6-4-5-17(2)15-20/h4-15H,3,16H2,1-2H3,(H,26,30)(H,27,29)(H,28,31). The zero-order valence-corrected chi connectivity index (χ0v) is 18.0. The average Bonchev–Trinajstić information content (AvgIpc) is 2.82. The van der Waals surface area contributed by atoms with E-state index in [2.05, 4.69) is 23.1 Å². The van der Waals surface area contributed by atoms with E-state index in [1.165, 1.54) is 5.56 Å². The topological polar surface area (TPSA) is 96.5 Å². The lowest BCUT2D eigenvalue weighted by atomic mass is 10.1. The number of hydrazine groups is 1. The van der Waals surface area contributed by atoms with E-state index in [-0.39, 0.29) is 12.5 Å². The van der Waals surface area contributed by atoms with Gasteiger partial charge in [-0.25, -0.2) is 0 Å². The Morgan fingerprint density at radius 2 is 1.53 bits per heavy atom. The maximum Gasteiger partial charge on any atom is 0.276 e. The molecule has 0 aliphatic carbocycles. The molecule has 164 valence electrons. The van der Waals surface area contributed by atoms with Gasteiger partial charge in [0.15, 0.2) is 6.61 Å². The second kappa shape index (κ2) is 10.8. The third kappa shape index (κ3) is 6.43. The monoisotopic (exact) mass is 431 g/mol. The lowest BCUT2D eigenvalue weighted by molar-refractivity contribution is -0.123. The summed E-state index contributed by atoms with van der Waals surface area (Å²) in [7, 11) is 0. The number of rotatable bonds is 7. The highest BCUT2D eigenvalue weighted by molar-refractivity contribution is 6.04. The number of benzene rings is 3. The van der Waals surface area contributed by atoms with Crippen molar-refractivity contribution in [2.75, 3.05) is 11.9 Å². The minimum absolute atomic E-state index is 0.227. The Hall–Kier alpha value is -4.13. The fraction of sp³-hybridized carbons (Fsp3) is 0.160. The number of carbonyl (C=O) groups excluding carboxylic acids is 3. The van der Waals surface area contributed by atoms with Crippen LogP contribution in [0.2, 0.25) is 0 Å². The number of aryl methyl sites for hydroxylation is 2. The van der Waals surface area contributed by atoms with Gasteiger partial charge in [-0.3, -0.25) is 25.2 Å². The van der Waals surface area contributed by atoms with Crippen molar-refractivity contribution in [1.29, 1.82) is 0 Å². The Morgan fingerprint density at radius 1 is 0.812 bits per heavy atom. The second-order valence-electron chi connectivity index (χ2n) is 7.19. The molecule has 0 unspecified atom stereocenters. The van der Waals surface area contributed by atoms with Crippen molar-refractivity contribution in [3.05, 3.63) is 95.1 Å². The third-order valence-corrected chi connectivity index (χ3v) is 4.70.